The lowest BCUT2D eigenvalue weighted by Gasteiger charge is -2.08. The molecule has 3 heteroatoms. The Bertz CT molecular complexity index is 1050. The molecule has 0 radical (unpaired) electrons. The maximum atomic E-state index is 11.5. The van der Waals surface area contributed by atoms with E-state index in [2.05, 4.69) is 12.1 Å². The van der Waals surface area contributed by atoms with Gasteiger partial charge >= 0.3 is 0 Å². The van der Waals surface area contributed by atoms with Crippen LogP contribution in [0.15, 0.2) is 36.4 Å². The van der Waals surface area contributed by atoms with Crippen LogP contribution in [-0.4, -0.2) is 5.78 Å². The summed E-state index contributed by atoms with van der Waals surface area (Å²) < 4.78 is 0. The molecular weight excluding hydrogens is 303 g/mol. The van der Waals surface area contributed by atoms with Crippen LogP contribution in [0.1, 0.15) is 6.42 Å². The van der Waals surface area contributed by atoms with Crippen LogP contribution in [0.5, 0.6) is 0 Å². The molecule has 0 bridgehead atoms. The first-order valence-corrected chi connectivity index (χ1v) is 7.44. The minimum Gasteiger partial charge on any atom is -0.294 e. The molecule has 0 aromatic heterocycles. The first kappa shape index (κ1) is 12.9. The van der Waals surface area contributed by atoms with Gasteiger partial charge in [0.05, 0.1) is 10.0 Å². The lowest BCUT2D eigenvalue weighted by molar-refractivity contribution is -0.112. The molecule has 1 aliphatic rings. The Morgan fingerprint density at radius 3 is 2.52 bits per heavy atom. The van der Waals surface area contributed by atoms with Gasteiger partial charge in [0.2, 0.25) is 0 Å². The molecule has 0 amide bonds. The summed E-state index contributed by atoms with van der Waals surface area (Å²) in [5.74, 6) is 0.150. The van der Waals surface area contributed by atoms with Crippen LogP contribution < -0.4 is 10.4 Å². The normalized spacial score (nSPS) is 13.9. The highest BCUT2D eigenvalue weighted by Crippen LogP contribution is 2.34. The van der Waals surface area contributed by atoms with Gasteiger partial charge in [-0.1, -0.05) is 47.5 Å². The smallest absolute Gasteiger partial charge is 0.160 e. The zero-order chi connectivity index (χ0) is 14.6. The van der Waals surface area contributed by atoms with Crippen molar-refractivity contribution in [3.63, 3.8) is 0 Å². The van der Waals surface area contributed by atoms with Crippen LogP contribution >= 0.6 is 23.2 Å². The van der Waals surface area contributed by atoms with Crippen molar-refractivity contribution in [2.24, 2.45) is 0 Å². The standard InChI is InChI=1S/C18H10Cl2O/c19-17-6-5-14-15(18(17)20)4-2-11-7-12-8-13(21)3-1-10(12)9-16(11)14/h1-2,4-9H,3H2. The summed E-state index contributed by atoms with van der Waals surface area (Å²) in [6.07, 6.45) is 4.16. The third-order valence-corrected chi connectivity index (χ3v) is 4.77. The highest BCUT2D eigenvalue weighted by atomic mass is 35.5. The molecule has 3 aromatic carbocycles. The van der Waals surface area contributed by atoms with Gasteiger partial charge in [-0.15, -0.1) is 0 Å². The number of hydrogen-bond acceptors (Lipinski definition) is 1. The first-order chi connectivity index (χ1) is 10.1. The quantitative estimate of drug-likeness (QED) is 0.577. The molecule has 0 N–H and O–H groups in total. The van der Waals surface area contributed by atoms with Crippen LogP contribution in [0.2, 0.25) is 10.0 Å². The van der Waals surface area contributed by atoms with E-state index >= 15 is 0 Å². The number of Topliss-reactive ketones (excluding diaryl/α,β-unsaturated/α-hetero) is 1. The van der Waals surface area contributed by atoms with Crippen LogP contribution in [0.25, 0.3) is 33.7 Å². The summed E-state index contributed by atoms with van der Waals surface area (Å²) in [7, 11) is 0. The molecule has 1 nitrogen and oxygen atoms in total. The van der Waals surface area contributed by atoms with Crippen molar-refractivity contribution in [2.75, 3.05) is 0 Å². The fourth-order valence-corrected chi connectivity index (χ4v) is 3.30. The lowest BCUT2D eigenvalue weighted by Crippen LogP contribution is -2.28. The molecule has 0 atom stereocenters. The summed E-state index contributed by atoms with van der Waals surface area (Å²) in [5.41, 5.74) is 0. The summed E-state index contributed by atoms with van der Waals surface area (Å²) >= 11 is 12.4. The Kier molecular flexibility index (Phi) is 2.81. The highest BCUT2D eigenvalue weighted by Gasteiger charge is 2.08. The van der Waals surface area contributed by atoms with Gasteiger partial charge in [-0.2, -0.15) is 0 Å². The monoisotopic (exact) mass is 312 g/mol. The number of fused-ring (bicyclic) bond motifs is 4. The Morgan fingerprint density at radius 1 is 0.857 bits per heavy atom. The van der Waals surface area contributed by atoms with E-state index in [1.54, 1.807) is 6.08 Å². The van der Waals surface area contributed by atoms with Crippen molar-refractivity contribution >= 4 is 62.7 Å². The van der Waals surface area contributed by atoms with E-state index in [1.807, 2.05) is 30.3 Å². The van der Waals surface area contributed by atoms with Crippen LogP contribution in [0.3, 0.4) is 0 Å². The summed E-state index contributed by atoms with van der Waals surface area (Å²) in [6, 6.07) is 12.0. The molecule has 0 spiro atoms. The fraction of sp³-hybridized carbons (Fsp3) is 0.0556. The molecule has 0 heterocycles. The molecule has 102 valence electrons. The summed E-state index contributed by atoms with van der Waals surface area (Å²) in [6.45, 7) is 0. The van der Waals surface area contributed by atoms with Gasteiger partial charge < -0.3 is 0 Å². The first-order valence-electron chi connectivity index (χ1n) is 6.69. The number of benzene rings is 3. The van der Waals surface area contributed by atoms with Crippen molar-refractivity contribution < 1.29 is 4.79 Å². The van der Waals surface area contributed by atoms with Gasteiger partial charge in [-0.05, 0) is 50.9 Å². The largest absolute Gasteiger partial charge is 0.294 e. The third-order valence-electron chi connectivity index (χ3n) is 3.95. The maximum absolute atomic E-state index is 11.5. The Morgan fingerprint density at radius 2 is 1.67 bits per heavy atom. The average Bonchev–Trinajstić information content (AvgIpc) is 2.48. The molecular formula is C18H10Cl2O. The Hall–Kier alpha value is -1.83. The van der Waals surface area contributed by atoms with E-state index in [9.17, 15) is 4.79 Å². The van der Waals surface area contributed by atoms with Gasteiger partial charge in [-0.3, -0.25) is 4.79 Å². The minimum atomic E-state index is 0.150. The van der Waals surface area contributed by atoms with E-state index in [1.165, 1.54) is 0 Å². The SMILES string of the molecule is O=C1C=c2cc3ccc4c(Cl)c(Cl)ccc4c3cc2=CC1. The zero-order valence-electron chi connectivity index (χ0n) is 11.0. The molecule has 21 heavy (non-hydrogen) atoms. The Labute approximate surface area is 131 Å². The van der Waals surface area contributed by atoms with Crippen molar-refractivity contribution in [2.45, 2.75) is 6.42 Å². The van der Waals surface area contributed by atoms with Crippen molar-refractivity contribution in [1.29, 1.82) is 0 Å². The maximum Gasteiger partial charge on any atom is 0.160 e. The van der Waals surface area contributed by atoms with Crippen molar-refractivity contribution in [3.8, 4) is 0 Å². The second-order valence-electron chi connectivity index (χ2n) is 5.24. The average molecular weight is 313 g/mol. The molecule has 0 aliphatic heterocycles. The minimum absolute atomic E-state index is 0.150. The van der Waals surface area contributed by atoms with Crippen LogP contribution in [0, 0.1) is 0 Å². The van der Waals surface area contributed by atoms with E-state index in [0.717, 1.165) is 32.0 Å². The van der Waals surface area contributed by atoms with Crippen LogP contribution in [0.4, 0.5) is 0 Å². The van der Waals surface area contributed by atoms with Crippen molar-refractivity contribution in [3.05, 3.63) is 56.9 Å². The third kappa shape index (κ3) is 1.97. The van der Waals surface area contributed by atoms with Gasteiger partial charge in [-0.25, -0.2) is 0 Å². The summed E-state index contributed by atoms with van der Waals surface area (Å²) in [5, 5.41) is 7.48. The zero-order valence-corrected chi connectivity index (χ0v) is 12.5. The topological polar surface area (TPSA) is 17.1 Å². The fourth-order valence-electron chi connectivity index (χ4n) is 2.90. The number of carbonyl (C=O) groups is 1. The van der Waals surface area contributed by atoms with E-state index in [0.29, 0.717) is 16.5 Å². The predicted molar refractivity (Wildman–Crippen MR) is 89.3 cm³/mol. The van der Waals surface area contributed by atoms with E-state index in [4.69, 9.17) is 23.2 Å². The lowest BCUT2D eigenvalue weighted by atomic mass is 9.98. The van der Waals surface area contributed by atoms with Gasteiger partial charge in [0.1, 0.15) is 0 Å². The van der Waals surface area contributed by atoms with Crippen LogP contribution in [-0.2, 0) is 4.79 Å². The molecule has 3 aromatic rings. The number of carbonyl (C=O) groups excluding carboxylic acids is 1. The second-order valence-corrected chi connectivity index (χ2v) is 6.03. The number of halogens is 2. The van der Waals surface area contributed by atoms with E-state index < -0.39 is 0 Å². The molecule has 0 fully saturated rings. The van der Waals surface area contributed by atoms with Gasteiger partial charge in [0.25, 0.3) is 0 Å². The number of ketones is 1. The van der Waals surface area contributed by atoms with Gasteiger partial charge in [0, 0.05) is 11.8 Å². The van der Waals surface area contributed by atoms with Crippen molar-refractivity contribution in [1.82, 2.24) is 0 Å². The summed E-state index contributed by atoms with van der Waals surface area (Å²) in [4.78, 5) is 11.5. The Balaban J connectivity index is 2.21. The molecule has 0 saturated carbocycles. The number of rotatable bonds is 0. The molecule has 0 saturated heterocycles. The molecule has 1 aliphatic carbocycles. The number of hydrogen-bond donors (Lipinski definition) is 0. The highest BCUT2D eigenvalue weighted by molar-refractivity contribution is 6.45. The van der Waals surface area contributed by atoms with Gasteiger partial charge in [0.15, 0.2) is 5.78 Å². The molecule has 4 rings (SSSR count). The van der Waals surface area contributed by atoms with E-state index in [-0.39, 0.29) is 5.78 Å². The predicted octanol–water partition coefficient (Wildman–Crippen LogP) is 3.83. The molecule has 0 unspecified atom stereocenters. The second kappa shape index (κ2) is 4.59.